The van der Waals surface area contributed by atoms with Gasteiger partial charge in [-0.3, -0.25) is 0 Å². The van der Waals surface area contributed by atoms with E-state index in [4.69, 9.17) is 19.9 Å². The molecule has 0 radical (unpaired) electrons. The maximum absolute atomic E-state index is 6.33. The molecular weight excluding hydrogens is 242 g/mol. The minimum atomic E-state index is -0.178. The van der Waals surface area contributed by atoms with Crippen molar-refractivity contribution in [1.82, 2.24) is 0 Å². The van der Waals surface area contributed by atoms with E-state index in [1.54, 1.807) is 0 Å². The van der Waals surface area contributed by atoms with Crippen molar-refractivity contribution in [2.24, 2.45) is 5.73 Å². The Morgan fingerprint density at radius 1 is 1.16 bits per heavy atom. The van der Waals surface area contributed by atoms with Gasteiger partial charge in [-0.25, -0.2) is 0 Å². The van der Waals surface area contributed by atoms with Crippen LogP contribution in [-0.2, 0) is 0 Å². The zero-order valence-corrected chi connectivity index (χ0v) is 11.6. The van der Waals surface area contributed by atoms with Crippen molar-refractivity contribution in [2.75, 3.05) is 13.2 Å². The molecule has 2 N–H and O–H groups in total. The van der Waals surface area contributed by atoms with Crippen LogP contribution < -0.4 is 19.9 Å². The molecule has 0 spiro atoms. The summed E-state index contributed by atoms with van der Waals surface area (Å²) in [7, 11) is 0. The Morgan fingerprint density at radius 2 is 1.89 bits per heavy atom. The second-order valence-corrected chi connectivity index (χ2v) is 5.31. The normalized spacial score (nSPS) is 23.4. The lowest BCUT2D eigenvalue weighted by molar-refractivity contribution is 0.0219. The Bertz CT molecular complexity index is 483. The summed E-state index contributed by atoms with van der Waals surface area (Å²) in [5.74, 6) is 2.28. The highest BCUT2D eigenvalue weighted by Gasteiger charge is 2.39. The summed E-state index contributed by atoms with van der Waals surface area (Å²) < 4.78 is 17.7. The van der Waals surface area contributed by atoms with Crippen LogP contribution in [0.15, 0.2) is 12.1 Å². The van der Waals surface area contributed by atoms with Gasteiger partial charge in [0.25, 0.3) is 0 Å². The summed E-state index contributed by atoms with van der Waals surface area (Å²) in [5.41, 5.74) is 7.18. The Morgan fingerprint density at radius 3 is 2.63 bits per heavy atom. The molecule has 0 aromatic heterocycles. The van der Waals surface area contributed by atoms with Crippen LogP contribution in [-0.4, -0.2) is 18.8 Å². The molecule has 2 heterocycles. The second-order valence-electron chi connectivity index (χ2n) is 5.31. The zero-order valence-electron chi connectivity index (χ0n) is 11.6. The first-order chi connectivity index (χ1) is 9.19. The molecule has 0 saturated heterocycles. The first-order valence-corrected chi connectivity index (χ1v) is 7.06. The molecule has 0 fully saturated rings. The topological polar surface area (TPSA) is 53.7 Å². The molecule has 1 aromatic rings. The van der Waals surface area contributed by atoms with Crippen molar-refractivity contribution in [1.29, 1.82) is 0 Å². The SMILES string of the molecule is CCC1(CC)CC(N)c2ccc3c(c2O1)OCCO3. The molecule has 3 rings (SSSR count). The van der Waals surface area contributed by atoms with E-state index in [1.165, 1.54) is 0 Å². The zero-order chi connectivity index (χ0) is 13.5. The molecule has 1 unspecified atom stereocenters. The van der Waals surface area contributed by atoms with Gasteiger partial charge in [-0.1, -0.05) is 13.8 Å². The largest absolute Gasteiger partial charge is 0.486 e. The molecule has 0 saturated carbocycles. The van der Waals surface area contributed by atoms with Gasteiger partial charge in [0.05, 0.1) is 0 Å². The van der Waals surface area contributed by atoms with Crippen molar-refractivity contribution in [3.63, 3.8) is 0 Å². The predicted octanol–water partition coefficient (Wildman–Crippen LogP) is 2.80. The fraction of sp³-hybridized carbons (Fsp3) is 0.600. The van der Waals surface area contributed by atoms with E-state index >= 15 is 0 Å². The molecule has 104 valence electrons. The fourth-order valence-electron chi connectivity index (χ4n) is 2.95. The monoisotopic (exact) mass is 263 g/mol. The lowest BCUT2D eigenvalue weighted by atomic mass is 9.83. The summed E-state index contributed by atoms with van der Waals surface area (Å²) in [6, 6.07) is 3.93. The molecule has 2 aliphatic rings. The van der Waals surface area contributed by atoms with E-state index in [2.05, 4.69) is 13.8 Å². The molecule has 0 bridgehead atoms. The molecule has 4 heteroatoms. The maximum atomic E-state index is 6.33. The number of hydrogen-bond donors (Lipinski definition) is 1. The van der Waals surface area contributed by atoms with E-state index in [0.717, 1.165) is 42.1 Å². The maximum Gasteiger partial charge on any atom is 0.204 e. The lowest BCUT2D eigenvalue weighted by Gasteiger charge is -2.41. The smallest absolute Gasteiger partial charge is 0.204 e. The van der Waals surface area contributed by atoms with Crippen molar-refractivity contribution >= 4 is 0 Å². The minimum Gasteiger partial charge on any atom is -0.486 e. The molecule has 1 aromatic carbocycles. The van der Waals surface area contributed by atoms with E-state index in [-0.39, 0.29) is 11.6 Å². The number of hydrogen-bond acceptors (Lipinski definition) is 4. The van der Waals surface area contributed by atoms with Gasteiger partial charge >= 0.3 is 0 Å². The summed E-state index contributed by atoms with van der Waals surface area (Å²) in [6.45, 7) is 5.44. The van der Waals surface area contributed by atoms with Crippen LogP contribution >= 0.6 is 0 Å². The third kappa shape index (κ3) is 1.94. The van der Waals surface area contributed by atoms with Gasteiger partial charge in [0.2, 0.25) is 5.75 Å². The number of benzene rings is 1. The van der Waals surface area contributed by atoms with Crippen molar-refractivity contribution in [3.05, 3.63) is 17.7 Å². The summed E-state index contributed by atoms with van der Waals surface area (Å²) >= 11 is 0. The van der Waals surface area contributed by atoms with Crippen molar-refractivity contribution in [3.8, 4) is 17.2 Å². The first kappa shape index (κ1) is 12.6. The third-order valence-corrected chi connectivity index (χ3v) is 4.29. The molecular formula is C15H21NO3. The highest BCUT2D eigenvalue weighted by atomic mass is 16.6. The Hall–Kier alpha value is -1.42. The van der Waals surface area contributed by atoms with Crippen LogP contribution in [0.2, 0.25) is 0 Å². The third-order valence-electron chi connectivity index (χ3n) is 4.29. The summed E-state index contributed by atoms with van der Waals surface area (Å²) in [4.78, 5) is 0. The highest BCUT2D eigenvalue weighted by Crippen LogP contribution is 2.50. The Kier molecular flexibility index (Phi) is 3.05. The van der Waals surface area contributed by atoms with Gasteiger partial charge in [0, 0.05) is 18.0 Å². The minimum absolute atomic E-state index is 0.000485. The van der Waals surface area contributed by atoms with Gasteiger partial charge in [-0.15, -0.1) is 0 Å². The molecule has 4 nitrogen and oxygen atoms in total. The molecule has 0 amide bonds. The van der Waals surface area contributed by atoms with Crippen molar-refractivity contribution < 1.29 is 14.2 Å². The Balaban J connectivity index is 2.08. The molecule has 0 aliphatic carbocycles. The predicted molar refractivity (Wildman–Crippen MR) is 72.9 cm³/mol. The molecule has 2 aliphatic heterocycles. The van der Waals surface area contributed by atoms with Crippen LogP contribution in [0.1, 0.15) is 44.7 Å². The van der Waals surface area contributed by atoms with Crippen LogP contribution in [0.3, 0.4) is 0 Å². The van der Waals surface area contributed by atoms with E-state index in [1.807, 2.05) is 12.1 Å². The quantitative estimate of drug-likeness (QED) is 0.891. The Labute approximate surface area is 113 Å². The first-order valence-electron chi connectivity index (χ1n) is 7.06. The van der Waals surface area contributed by atoms with Gasteiger partial charge in [0.15, 0.2) is 11.5 Å². The standard InChI is InChI=1S/C15H21NO3/c1-3-15(4-2)9-11(16)10-5-6-12-14(13(10)19-15)18-8-7-17-12/h5-6,11H,3-4,7-9,16H2,1-2H3. The second kappa shape index (κ2) is 4.60. The van der Waals surface area contributed by atoms with Gasteiger partial charge in [-0.05, 0) is 25.0 Å². The average molecular weight is 263 g/mol. The van der Waals surface area contributed by atoms with Crippen molar-refractivity contribution in [2.45, 2.75) is 44.8 Å². The number of rotatable bonds is 2. The van der Waals surface area contributed by atoms with Crippen LogP contribution in [0.25, 0.3) is 0 Å². The summed E-state index contributed by atoms with van der Waals surface area (Å²) in [5, 5.41) is 0. The number of fused-ring (bicyclic) bond motifs is 3. The lowest BCUT2D eigenvalue weighted by Crippen LogP contribution is -2.42. The number of ether oxygens (including phenoxy) is 3. The summed E-state index contributed by atoms with van der Waals surface area (Å²) in [6.07, 6.45) is 2.75. The molecule has 1 atom stereocenters. The van der Waals surface area contributed by atoms with E-state index < -0.39 is 0 Å². The number of nitrogens with two attached hydrogens (primary N) is 1. The van der Waals surface area contributed by atoms with Gasteiger partial charge in [0.1, 0.15) is 18.8 Å². The van der Waals surface area contributed by atoms with E-state index in [9.17, 15) is 0 Å². The average Bonchev–Trinajstić information content (AvgIpc) is 2.46. The highest BCUT2D eigenvalue weighted by molar-refractivity contribution is 5.58. The van der Waals surface area contributed by atoms with E-state index in [0.29, 0.717) is 13.2 Å². The van der Waals surface area contributed by atoms with Gasteiger partial charge < -0.3 is 19.9 Å². The van der Waals surface area contributed by atoms with Gasteiger partial charge in [-0.2, -0.15) is 0 Å². The van der Waals surface area contributed by atoms with Crippen LogP contribution in [0.5, 0.6) is 17.2 Å². The fourth-order valence-corrected chi connectivity index (χ4v) is 2.95. The van der Waals surface area contributed by atoms with Crippen LogP contribution in [0, 0.1) is 0 Å². The van der Waals surface area contributed by atoms with Crippen LogP contribution in [0.4, 0.5) is 0 Å². The molecule has 19 heavy (non-hydrogen) atoms.